The molecule has 1 aliphatic heterocycles. The second-order valence-corrected chi connectivity index (χ2v) is 4.74. The van der Waals surface area contributed by atoms with Crippen LogP contribution in [0.4, 0.5) is 0 Å². The maximum atomic E-state index is 11.8. The SMILES string of the molecule is CCCN1Cc2ccc(C(=O)NCCN)cc2C1. The number of nitrogens with two attached hydrogens (primary N) is 1. The van der Waals surface area contributed by atoms with Crippen LogP contribution in [-0.4, -0.2) is 30.4 Å². The van der Waals surface area contributed by atoms with Gasteiger partial charge in [0.15, 0.2) is 0 Å². The number of fused-ring (bicyclic) bond motifs is 1. The number of nitrogens with zero attached hydrogens (tertiary/aromatic N) is 1. The van der Waals surface area contributed by atoms with Crippen molar-refractivity contribution in [1.82, 2.24) is 10.2 Å². The van der Waals surface area contributed by atoms with Crippen molar-refractivity contribution in [2.75, 3.05) is 19.6 Å². The summed E-state index contributed by atoms with van der Waals surface area (Å²) in [4.78, 5) is 14.2. The fraction of sp³-hybridized carbons (Fsp3) is 0.500. The van der Waals surface area contributed by atoms with E-state index in [1.807, 2.05) is 12.1 Å². The Morgan fingerprint density at radius 1 is 1.39 bits per heavy atom. The molecule has 2 rings (SSSR count). The number of carbonyl (C=O) groups excluding carboxylic acids is 1. The van der Waals surface area contributed by atoms with Gasteiger partial charge in [-0.2, -0.15) is 0 Å². The van der Waals surface area contributed by atoms with Crippen molar-refractivity contribution in [3.8, 4) is 0 Å². The van der Waals surface area contributed by atoms with Crippen molar-refractivity contribution in [3.05, 3.63) is 34.9 Å². The van der Waals surface area contributed by atoms with Gasteiger partial charge >= 0.3 is 0 Å². The number of nitrogens with one attached hydrogen (secondary N) is 1. The lowest BCUT2D eigenvalue weighted by molar-refractivity contribution is 0.0954. The molecule has 1 aromatic carbocycles. The van der Waals surface area contributed by atoms with E-state index in [-0.39, 0.29) is 5.91 Å². The van der Waals surface area contributed by atoms with Gasteiger partial charge in [-0.15, -0.1) is 0 Å². The smallest absolute Gasteiger partial charge is 0.251 e. The first-order chi connectivity index (χ1) is 8.74. The van der Waals surface area contributed by atoms with Gasteiger partial charge in [-0.3, -0.25) is 9.69 Å². The number of benzene rings is 1. The molecule has 0 radical (unpaired) electrons. The van der Waals surface area contributed by atoms with Crippen LogP contribution in [-0.2, 0) is 13.1 Å². The molecule has 0 spiro atoms. The average molecular weight is 247 g/mol. The third-order valence-corrected chi connectivity index (χ3v) is 3.23. The molecule has 0 saturated carbocycles. The van der Waals surface area contributed by atoms with E-state index < -0.39 is 0 Å². The Kier molecular flexibility index (Phi) is 4.33. The summed E-state index contributed by atoms with van der Waals surface area (Å²) in [5.74, 6) is -0.0304. The second kappa shape index (κ2) is 5.98. The Hall–Kier alpha value is -1.39. The Morgan fingerprint density at radius 3 is 2.89 bits per heavy atom. The van der Waals surface area contributed by atoms with Gasteiger partial charge in [-0.05, 0) is 36.2 Å². The van der Waals surface area contributed by atoms with Gasteiger partial charge in [0.1, 0.15) is 0 Å². The fourth-order valence-electron chi connectivity index (χ4n) is 2.37. The fourth-order valence-corrected chi connectivity index (χ4v) is 2.37. The molecule has 4 nitrogen and oxygen atoms in total. The van der Waals surface area contributed by atoms with E-state index in [1.54, 1.807) is 0 Å². The maximum absolute atomic E-state index is 11.8. The molecule has 1 heterocycles. The summed E-state index contributed by atoms with van der Waals surface area (Å²) in [6.45, 7) is 6.27. The summed E-state index contributed by atoms with van der Waals surface area (Å²) >= 11 is 0. The van der Waals surface area contributed by atoms with Crippen LogP contribution in [0.15, 0.2) is 18.2 Å². The van der Waals surface area contributed by atoms with Crippen LogP contribution in [0.5, 0.6) is 0 Å². The standard InChI is InChI=1S/C14H21N3O/c1-2-7-17-9-12-4-3-11(8-13(12)10-17)14(18)16-6-5-15/h3-4,8H,2,5-7,9-10,15H2,1H3,(H,16,18). The van der Waals surface area contributed by atoms with E-state index in [2.05, 4.69) is 23.2 Å². The molecule has 0 unspecified atom stereocenters. The summed E-state index contributed by atoms with van der Waals surface area (Å²) < 4.78 is 0. The van der Waals surface area contributed by atoms with Crippen molar-refractivity contribution in [1.29, 1.82) is 0 Å². The zero-order valence-electron chi connectivity index (χ0n) is 10.9. The molecule has 0 bridgehead atoms. The molecule has 0 fully saturated rings. The number of amides is 1. The Balaban J connectivity index is 2.06. The highest BCUT2D eigenvalue weighted by atomic mass is 16.1. The summed E-state index contributed by atoms with van der Waals surface area (Å²) in [6, 6.07) is 5.99. The first kappa shape index (κ1) is 13.1. The predicted octanol–water partition coefficient (Wildman–Crippen LogP) is 1.10. The molecular formula is C14H21N3O. The molecular weight excluding hydrogens is 226 g/mol. The lowest BCUT2D eigenvalue weighted by Gasteiger charge is -2.11. The van der Waals surface area contributed by atoms with E-state index in [4.69, 9.17) is 5.73 Å². The highest BCUT2D eigenvalue weighted by Crippen LogP contribution is 2.23. The minimum Gasteiger partial charge on any atom is -0.351 e. The van der Waals surface area contributed by atoms with E-state index in [9.17, 15) is 4.79 Å². The Morgan fingerprint density at radius 2 is 2.17 bits per heavy atom. The van der Waals surface area contributed by atoms with Crippen LogP contribution < -0.4 is 11.1 Å². The lowest BCUT2D eigenvalue weighted by atomic mass is 10.1. The highest BCUT2D eigenvalue weighted by Gasteiger charge is 2.19. The van der Waals surface area contributed by atoms with Crippen LogP contribution in [0.25, 0.3) is 0 Å². The van der Waals surface area contributed by atoms with Gasteiger partial charge in [0.2, 0.25) is 0 Å². The molecule has 0 saturated heterocycles. The monoisotopic (exact) mass is 247 g/mol. The van der Waals surface area contributed by atoms with Gasteiger partial charge in [-0.25, -0.2) is 0 Å². The largest absolute Gasteiger partial charge is 0.351 e. The van der Waals surface area contributed by atoms with Gasteiger partial charge in [0.25, 0.3) is 5.91 Å². The van der Waals surface area contributed by atoms with Gasteiger partial charge < -0.3 is 11.1 Å². The van der Waals surface area contributed by atoms with Crippen LogP contribution in [0.1, 0.15) is 34.8 Å². The summed E-state index contributed by atoms with van der Waals surface area (Å²) in [7, 11) is 0. The zero-order chi connectivity index (χ0) is 13.0. The van der Waals surface area contributed by atoms with Crippen molar-refractivity contribution < 1.29 is 4.79 Å². The number of carbonyl (C=O) groups is 1. The van der Waals surface area contributed by atoms with E-state index >= 15 is 0 Å². The van der Waals surface area contributed by atoms with Gasteiger partial charge in [-0.1, -0.05) is 13.0 Å². The number of rotatable bonds is 5. The molecule has 18 heavy (non-hydrogen) atoms. The highest BCUT2D eigenvalue weighted by molar-refractivity contribution is 5.94. The van der Waals surface area contributed by atoms with Crippen molar-refractivity contribution in [2.45, 2.75) is 26.4 Å². The number of hydrogen-bond acceptors (Lipinski definition) is 3. The quantitative estimate of drug-likeness (QED) is 0.819. The molecule has 0 aromatic heterocycles. The van der Waals surface area contributed by atoms with Crippen molar-refractivity contribution in [2.24, 2.45) is 5.73 Å². The molecule has 98 valence electrons. The van der Waals surface area contributed by atoms with Crippen molar-refractivity contribution in [3.63, 3.8) is 0 Å². The van der Waals surface area contributed by atoms with Crippen molar-refractivity contribution >= 4 is 5.91 Å². The minimum atomic E-state index is -0.0304. The zero-order valence-corrected chi connectivity index (χ0v) is 10.9. The summed E-state index contributed by atoms with van der Waals surface area (Å²) in [5.41, 5.74) is 8.74. The summed E-state index contributed by atoms with van der Waals surface area (Å²) in [5, 5.41) is 2.80. The van der Waals surface area contributed by atoms with E-state index in [0.29, 0.717) is 13.1 Å². The van der Waals surface area contributed by atoms with E-state index in [1.165, 1.54) is 11.1 Å². The molecule has 1 aromatic rings. The topological polar surface area (TPSA) is 58.4 Å². The lowest BCUT2D eigenvalue weighted by Crippen LogP contribution is -2.29. The molecule has 1 aliphatic rings. The van der Waals surface area contributed by atoms with Gasteiger partial charge in [0, 0.05) is 31.7 Å². The van der Waals surface area contributed by atoms with E-state index in [0.717, 1.165) is 31.6 Å². The molecule has 1 amide bonds. The maximum Gasteiger partial charge on any atom is 0.251 e. The molecule has 3 N–H and O–H groups in total. The average Bonchev–Trinajstić information content (AvgIpc) is 2.77. The minimum absolute atomic E-state index is 0.0304. The molecule has 0 atom stereocenters. The van der Waals surface area contributed by atoms with Crippen LogP contribution in [0, 0.1) is 0 Å². The predicted molar refractivity (Wildman–Crippen MR) is 72.2 cm³/mol. The normalized spacial score (nSPS) is 14.6. The first-order valence-corrected chi connectivity index (χ1v) is 6.57. The molecule has 0 aliphatic carbocycles. The Bertz CT molecular complexity index is 431. The third-order valence-electron chi connectivity index (χ3n) is 3.23. The van der Waals surface area contributed by atoms with Crippen LogP contribution in [0.2, 0.25) is 0 Å². The summed E-state index contributed by atoms with van der Waals surface area (Å²) in [6.07, 6.45) is 1.16. The second-order valence-electron chi connectivity index (χ2n) is 4.74. The Labute approximate surface area is 108 Å². The molecule has 4 heteroatoms. The van der Waals surface area contributed by atoms with Gasteiger partial charge in [0.05, 0.1) is 0 Å². The third kappa shape index (κ3) is 2.89. The number of hydrogen-bond donors (Lipinski definition) is 2. The van der Waals surface area contributed by atoms with Crippen LogP contribution >= 0.6 is 0 Å². The first-order valence-electron chi connectivity index (χ1n) is 6.57. The van der Waals surface area contributed by atoms with Crippen LogP contribution in [0.3, 0.4) is 0 Å².